The molecule has 2 aliphatic heterocycles. The third kappa shape index (κ3) is 3.17. The van der Waals surface area contributed by atoms with Gasteiger partial charge in [0, 0.05) is 31.3 Å². The van der Waals surface area contributed by atoms with Crippen LogP contribution in [0.4, 0.5) is 0 Å². The quantitative estimate of drug-likeness (QED) is 0.840. The van der Waals surface area contributed by atoms with Crippen molar-refractivity contribution in [2.75, 3.05) is 26.3 Å². The number of fused-ring (bicyclic) bond motifs is 1. The highest BCUT2D eigenvalue weighted by Crippen LogP contribution is 2.31. The molecule has 2 fully saturated rings. The number of aromatic nitrogens is 2. The fraction of sp³-hybridized carbons (Fsp3) is 0.444. The summed E-state index contributed by atoms with van der Waals surface area (Å²) in [5.41, 5.74) is 7.21. The number of H-pyrrole nitrogens is 1. The Hall–Kier alpha value is -2.45. The zero-order chi connectivity index (χ0) is 18.1. The van der Waals surface area contributed by atoms with E-state index in [1.807, 2.05) is 23.1 Å². The summed E-state index contributed by atoms with van der Waals surface area (Å²) in [6.45, 7) is 2.51. The number of amides is 2. The van der Waals surface area contributed by atoms with Gasteiger partial charge in [0.05, 0.1) is 25.2 Å². The lowest BCUT2D eigenvalue weighted by molar-refractivity contribution is -0.186. The Morgan fingerprint density at radius 3 is 2.69 bits per heavy atom. The second kappa shape index (κ2) is 6.69. The lowest BCUT2D eigenvalue weighted by atomic mass is 10.0. The molecule has 2 aromatic rings. The summed E-state index contributed by atoms with van der Waals surface area (Å²) in [4.78, 5) is 25.7. The van der Waals surface area contributed by atoms with E-state index >= 15 is 0 Å². The smallest absolute Gasteiger partial charge is 0.269 e. The molecule has 8 nitrogen and oxygen atoms in total. The van der Waals surface area contributed by atoms with Crippen molar-refractivity contribution in [3.8, 4) is 0 Å². The highest BCUT2D eigenvalue weighted by molar-refractivity contribution is 6.04. The van der Waals surface area contributed by atoms with Gasteiger partial charge in [0.15, 0.2) is 11.5 Å². The predicted molar refractivity (Wildman–Crippen MR) is 93.1 cm³/mol. The SMILES string of the molecule is NC(=O)c1n[nH]c2ccc(C[CH]C(=O)N3CCC4(CC3)OCCO4)cc12. The number of rotatable bonds is 4. The number of ether oxygens (including phenoxy) is 2. The lowest BCUT2D eigenvalue weighted by Crippen LogP contribution is -2.47. The maximum absolute atomic E-state index is 12.5. The minimum Gasteiger partial charge on any atom is -0.364 e. The fourth-order valence-electron chi connectivity index (χ4n) is 3.56. The molecule has 0 bridgehead atoms. The van der Waals surface area contributed by atoms with Crippen molar-refractivity contribution in [2.24, 2.45) is 5.73 Å². The Bertz CT molecular complexity index is 831. The molecule has 0 aliphatic carbocycles. The van der Waals surface area contributed by atoms with Crippen molar-refractivity contribution < 1.29 is 19.1 Å². The van der Waals surface area contributed by atoms with Gasteiger partial charge >= 0.3 is 0 Å². The summed E-state index contributed by atoms with van der Waals surface area (Å²) in [6.07, 6.45) is 3.55. The van der Waals surface area contributed by atoms with E-state index in [1.165, 1.54) is 0 Å². The van der Waals surface area contributed by atoms with Crippen LogP contribution in [-0.2, 0) is 20.7 Å². The van der Waals surface area contributed by atoms with E-state index in [0.29, 0.717) is 51.0 Å². The average molecular weight is 357 g/mol. The zero-order valence-electron chi connectivity index (χ0n) is 14.4. The highest BCUT2D eigenvalue weighted by Gasteiger charge is 2.40. The molecule has 1 aromatic carbocycles. The van der Waals surface area contributed by atoms with Gasteiger partial charge in [-0.3, -0.25) is 14.7 Å². The first-order valence-electron chi connectivity index (χ1n) is 8.73. The van der Waals surface area contributed by atoms with Crippen molar-refractivity contribution in [2.45, 2.75) is 25.0 Å². The van der Waals surface area contributed by atoms with Crippen molar-refractivity contribution >= 4 is 22.7 Å². The third-order valence-electron chi connectivity index (χ3n) is 5.02. The molecule has 1 aromatic heterocycles. The predicted octanol–water partition coefficient (Wildman–Crippen LogP) is 0.774. The van der Waals surface area contributed by atoms with E-state index in [1.54, 1.807) is 6.42 Å². The number of carbonyl (C=O) groups is 2. The van der Waals surface area contributed by atoms with E-state index in [9.17, 15) is 9.59 Å². The summed E-state index contributed by atoms with van der Waals surface area (Å²) in [5, 5.41) is 7.38. The van der Waals surface area contributed by atoms with Gasteiger partial charge in [-0.05, 0) is 24.1 Å². The van der Waals surface area contributed by atoms with Crippen molar-refractivity contribution in [1.82, 2.24) is 15.1 Å². The minimum absolute atomic E-state index is 0.000243. The molecule has 1 spiro atoms. The number of nitrogens with two attached hydrogens (primary N) is 1. The molecule has 3 heterocycles. The first-order chi connectivity index (χ1) is 12.6. The minimum atomic E-state index is -0.577. The van der Waals surface area contributed by atoms with Gasteiger partial charge < -0.3 is 20.1 Å². The van der Waals surface area contributed by atoms with Gasteiger partial charge in [0.1, 0.15) is 0 Å². The molecule has 26 heavy (non-hydrogen) atoms. The number of primary amides is 1. The van der Waals surface area contributed by atoms with Gasteiger partial charge in [-0.1, -0.05) is 6.07 Å². The molecule has 0 atom stereocenters. The van der Waals surface area contributed by atoms with E-state index in [2.05, 4.69) is 10.2 Å². The van der Waals surface area contributed by atoms with Crippen LogP contribution in [0.2, 0.25) is 0 Å². The van der Waals surface area contributed by atoms with Crippen LogP contribution in [-0.4, -0.2) is 59.0 Å². The molecule has 8 heteroatoms. The maximum atomic E-state index is 12.5. The topological polar surface area (TPSA) is 111 Å². The van der Waals surface area contributed by atoms with Gasteiger partial charge in [-0.25, -0.2) is 0 Å². The Labute approximate surface area is 150 Å². The van der Waals surface area contributed by atoms with Crippen LogP contribution in [0.5, 0.6) is 0 Å². The monoisotopic (exact) mass is 357 g/mol. The maximum Gasteiger partial charge on any atom is 0.269 e. The Balaban J connectivity index is 1.36. The molecule has 0 unspecified atom stereocenters. The fourth-order valence-corrected chi connectivity index (χ4v) is 3.56. The van der Waals surface area contributed by atoms with Crippen LogP contribution in [0.3, 0.4) is 0 Å². The first-order valence-corrected chi connectivity index (χ1v) is 8.73. The summed E-state index contributed by atoms with van der Waals surface area (Å²) < 4.78 is 11.4. The van der Waals surface area contributed by atoms with E-state index < -0.39 is 11.7 Å². The molecule has 0 saturated carbocycles. The lowest BCUT2D eigenvalue weighted by Gasteiger charge is -2.37. The normalized spacial score (nSPS) is 19.3. The van der Waals surface area contributed by atoms with E-state index in [0.717, 1.165) is 11.1 Å². The summed E-state index contributed by atoms with van der Waals surface area (Å²) in [5.74, 6) is -1.05. The summed E-state index contributed by atoms with van der Waals surface area (Å²) >= 11 is 0. The van der Waals surface area contributed by atoms with Crippen LogP contribution in [0.1, 0.15) is 28.9 Å². The van der Waals surface area contributed by atoms with Gasteiger partial charge in [0.25, 0.3) is 5.91 Å². The van der Waals surface area contributed by atoms with Crippen LogP contribution >= 0.6 is 0 Å². The molecular formula is C18H21N4O4. The Kier molecular flexibility index (Phi) is 4.37. The van der Waals surface area contributed by atoms with Gasteiger partial charge in [0.2, 0.25) is 5.91 Å². The van der Waals surface area contributed by atoms with Crippen LogP contribution in [0.15, 0.2) is 18.2 Å². The van der Waals surface area contributed by atoms with Crippen LogP contribution in [0.25, 0.3) is 10.9 Å². The summed E-state index contributed by atoms with van der Waals surface area (Å²) in [7, 11) is 0. The standard InChI is InChI=1S/C18H21N4O4/c19-17(24)16-13-11-12(1-3-14(13)20-21-16)2-4-15(23)22-7-5-18(6-8-22)25-9-10-26-18/h1,3-4,11H,2,5-10H2,(H2,19,24)(H,20,21). The number of aromatic amines is 1. The van der Waals surface area contributed by atoms with Gasteiger partial charge in [-0.15, -0.1) is 0 Å². The van der Waals surface area contributed by atoms with Crippen LogP contribution < -0.4 is 5.73 Å². The third-order valence-corrected chi connectivity index (χ3v) is 5.02. The molecule has 2 aliphatic rings. The van der Waals surface area contributed by atoms with E-state index in [-0.39, 0.29) is 11.6 Å². The molecular weight excluding hydrogens is 336 g/mol. The molecule has 3 N–H and O–H groups in total. The first kappa shape index (κ1) is 17.0. The highest BCUT2D eigenvalue weighted by atomic mass is 16.7. The second-order valence-electron chi connectivity index (χ2n) is 6.66. The molecule has 1 radical (unpaired) electrons. The number of piperidine rings is 1. The number of nitrogens with zero attached hydrogens (tertiary/aromatic N) is 2. The number of likely N-dealkylation sites (tertiary alicyclic amines) is 1. The second-order valence-corrected chi connectivity index (χ2v) is 6.66. The van der Waals surface area contributed by atoms with E-state index in [4.69, 9.17) is 15.2 Å². The summed E-state index contributed by atoms with van der Waals surface area (Å²) in [6, 6.07) is 5.58. The molecule has 137 valence electrons. The van der Waals surface area contributed by atoms with Crippen molar-refractivity contribution in [1.29, 1.82) is 0 Å². The number of nitrogens with one attached hydrogen (secondary N) is 1. The molecule has 2 saturated heterocycles. The number of benzene rings is 1. The van der Waals surface area contributed by atoms with Crippen molar-refractivity contribution in [3.63, 3.8) is 0 Å². The molecule has 2 amide bonds. The van der Waals surface area contributed by atoms with Crippen molar-refractivity contribution in [3.05, 3.63) is 35.9 Å². The van der Waals surface area contributed by atoms with Crippen LogP contribution in [0, 0.1) is 6.42 Å². The number of carbonyl (C=O) groups excluding carboxylic acids is 2. The zero-order valence-corrected chi connectivity index (χ0v) is 14.4. The van der Waals surface area contributed by atoms with Gasteiger partial charge in [-0.2, -0.15) is 5.10 Å². The number of hydrogen-bond donors (Lipinski definition) is 2. The Morgan fingerprint density at radius 1 is 1.27 bits per heavy atom. The average Bonchev–Trinajstić information content (AvgIpc) is 3.27. The Morgan fingerprint density at radius 2 is 2.00 bits per heavy atom. The molecule has 4 rings (SSSR count). The largest absolute Gasteiger partial charge is 0.364 e. The number of hydrogen-bond acceptors (Lipinski definition) is 5.